The third-order valence-corrected chi connectivity index (χ3v) is 3.68. The molecular formula is C16H21F3O2. The van der Waals surface area contributed by atoms with Crippen molar-refractivity contribution < 1.29 is 22.6 Å². The molecule has 1 saturated heterocycles. The number of halogens is 3. The molecule has 0 spiro atoms. The molecule has 21 heavy (non-hydrogen) atoms. The van der Waals surface area contributed by atoms with Crippen molar-refractivity contribution in [3.8, 4) is 0 Å². The Kier molecular flexibility index (Phi) is 5.65. The lowest BCUT2D eigenvalue weighted by molar-refractivity contribution is -0.203. The van der Waals surface area contributed by atoms with Gasteiger partial charge in [0.2, 0.25) is 0 Å². The smallest absolute Gasteiger partial charge is 0.352 e. The van der Waals surface area contributed by atoms with Crippen molar-refractivity contribution >= 4 is 0 Å². The van der Waals surface area contributed by atoms with E-state index in [9.17, 15) is 13.2 Å². The first-order valence-corrected chi connectivity index (χ1v) is 7.38. The van der Waals surface area contributed by atoms with Crippen molar-refractivity contribution in [2.24, 2.45) is 5.92 Å². The van der Waals surface area contributed by atoms with Crippen molar-refractivity contribution in [2.75, 3.05) is 13.2 Å². The summed E-state index contributed by atoms with van der Waals surface area (Å²) >= 11 is 0. The van der Waals surface area contributed by atoms with E-state index >= 15 is 0 Å². The second-order valence-corrected chi connectivity index (χ2v) is 5.48. The molecule has 1 aliphatic rings. The van der Waals surface area contributed by atoms with Gasteiger partial charge >= 0.3 is 6.18 Å². The molecule has 1 heterocycles. The van der Waals surface area contributed by atoms with Gasteiger partial charge in [-0.2, -0.15) is 13.2 Å². The van der Waals surface area contributed by atoms with Gasteiger partial charge in [0.05, 0.1) is 18.8 Å². The SMILES string of the molecule is CCCC1COC(CCc2ccc(C(F)(F)F)cc2)OC1. The van der Waals surface area contributed by atoms with E-state index < -0.39 is 11.7 Å². The highest BCUT2D eigenvalue weighted by molar-refractivity contribution is 5.24. The fourth-order valence-corrected chi connectivity index (χ4v) is 2.47. The van der Waals surface area contributed by atoms with E-state index in [1.165, 1.54) is 12.1 Å². The largest absolute Gasteiger partial charge is 0.416 e. The molecule has 0 aliphatic carbocycles. The molecule has 1 aliphatic heterocycles. The van der Waals surface area contributed by atoms with Crippen LogP contribution in [0.1, 0.15) is 37.3 Å². The fourth-order valence-electron chi connectivity index (χ4n) is 2.47. The molecule has 1 fully saturated rings. The molecule has 0 bridgehead atoms. The van der Waals surface area contributed by atoms with Gasteiger partial charge in [-0.15, -0.1) is 0 Å². The Morgan fingerprint density at radius 3 is 2.19 bits per heavy atom. The maximum atomic E-state index is 12.5. The van der Waals surface area contributed by atoms with Crippen molar-refractivity contribution in [2.45, 2.75) is 45.1 Å². The maximum Gasteiger partial charge on any atom is 0.416 e. The summed E-state index contributed by atoms with van der Waals surface area (Å²) in [5.74, 6) is 0.470. The predicted octanol–water partition coefficient (Wildman–Crippen LogP) is 4.43. The summed E-state index contributed by atoms with van der Waals surface area (Å²) in [6.45, 7) is 3.56. The first kappa shape index (κ1) is 16.3. The lowest BCUT2D eigenvalue weighted by Crippen LogP contribution is -2.32. The molecule has 2 nitrogen and oxygen atoms in total. The van der Waals surface area contributed by atoms with Crippen LogP contribution >= 0.6 is 0 Å². The summed E-state index contributed by atoms with van der Waals surface area (Å²) in [6.07, 6.45) is -0.965. The number of aryl methyl sites for hydroxylation is 1. The molecule has 0 atom stereocenters. The highest BCUT2D eigenvalue weighted by atomic mass is 19.4. The van der Waals surface area contributed by atoms with Gasteiger partial charge in [-0.1, -0.05) is 25.5 Å². The Balaban J connectivity index is 1.76. The Morgan fingerprint density at radius 1 is 1.05 bits per heavy atom. The van der Waals surface area contributed by atoms with E-state index in [1.54, 1.807) is 0 Å². The highest BCUT2D eigenvalue weighted by Gasteiger charge is 2.30. The van der Waals surface area contributed by atoms with E-state index in [1.807, 2.05) is 0 Å². The summed E-state index contributed by atoms with van der Waals surface area (Å²) < 4.78 is 48.6. The molecule has 2 rings (SSSR count). The van der Waals surface area contributed by atoms with Crippen LogP contribution in [0.2, 0.25) is 0 Å². The zero-order valence-corrected chi connectivity index (χ0v) is 12.2. The Morgan fingerprint density at radius 2 is 1.67 bits per heavy atom. The van der Waals surface area contributed by atoms with Gasteiger partial charge in [-0.25, -0.2) is 0 Å². The molecule has 118 valence electrons. The lowest BCUT2D eigenvalue weighted by atomic mass is 10.0. The Hall–Kier alpha value is -1.07. The van der Waals surface area contributed by atoms with E-state index in [2.05, 4.69) is 6.92 Å². The zero-order valence-electron chi connectivity index (χ0n) is 12.2. The van der Waals surface area contributed by atoms with Crippen LogP contribution in [0.15, 0.2) is 24.3 Å². The van der Waals surface area contributed by atoms with Gasteiger partial charge in [0, 0.05) is 12.3 Å². The topological polar surface area (TPSA) is 18.5 Å². The van der Waals surface area contributed by atoms with Gasteiger partial charge in [0.15, 0.2) is 6.29 Å². The van der Waals surface area contributed by atoms with Gasteiger partial charge < -0.3 is 9.47 Å². The maximum absolute atomic E-state index is 12.5. The normalized spacial score (nSPS) is 23.2. The number of alkyl halides is 3. The fraction of sp³-hybridized carbons (Fsp3) is 0.625. The Bertz CT molecular complexity index is 420. The molecule has 0 unspecified atom stereocenters. The predicted molar refractivity (Wildman–Crippen MR) is 73.9 cm³/mol. The second kappa shape index (κ2) is 7.27. The number of hydrogen-bond acceptors (Lipinski definition) is 2. The quantitative estimate of drug-likeness (QED) is 0.801. The van der Waals surface area contributed by atoms with Crippen LogP contribution in [0.4, 0.5) is 13.2 Å². The molecular weight excluding hydrogens is 281 g/mol. The van der Waals surface area contributed by atoms with E-state index in [0.717, 1.165) is 30.5 Å². The van der Waals surface area contributed by atoms with Gasteiger partial charge in [-0.3, -0.25) is 0 Å². The number of hydrogen-bond donors (Lipinski definition) is 0. The van der Waals surface area contributed by atoms with Crippen LogP contribution in [-0.2, 0) is 22.1 Å². The second-order valence-electron chi connectivity index (χ2n) is 5.48. The van der Waals surface area contributed by atoms with Crippen LogP contribution in [0.25, 0.3) is 0 Å². The van der Waals surface area contributed by atoms with Crippen molar-refractivity contribution in [1.29, 1.82) is 0 Å². The number of benzene rings is 1. The summed E-state index contributed by atoms with van der Waals surface area (Å²) in [4.78, 5) is 0. The average Bonchev–Trinajstić information content (AvgIpc) is 2.46. The third kappa shape index (κ3) is 5.00. The number of ether oxygens (including phenoxy) is 2. The first-order chi connectivity index (χ1) is 9.99. The summed E-state index contributed by atoms with van der Waals surface area (Å²) in [5.41, 5.74) is 0.254. The Labute approximate surface area is 123 Å². The highest BCUT2D eigenvalue weighted by Crippen LogP contribution is 2.29. The molecule has 0 radical (unpaired) electrons. The summed E-state index contributed by atoms with van der Waals surface area (Å²) in [6, 6.07) is 5.28. The minimum atomic E-state index is -4.28. The monoisotopic (exact) mass is 302 g/mol. The minimum Gasteiger partial charge on any atom is -0.352 e. The molecule has 1 aromatic rings. The third-order valence-electron chi connectivity index (χ3n) is 3.68. The molecule has 0 N–H and O–H groups in total. The molecule has 0 amide bonds. The van der Waals surface area contributed by atoms with E-state index in [0.29, 0.717) is 32.0 Å². The van der Waals surface area contributed by atoms with Crippen molar-refractivity contribution in [1.82, 2.24) is 0 Å². The lowest BCUT2D eigenvalue weighted by Gasteiger charge is -2.29. The van der Waals surface area contributed by atoms with Gasteiger partial charge in [0.1, 0.15) is 0 Å². The average molecular weight is 302 g/mol. The standard InChI is InChI=1S/C16H21F3O2/c1-2-3-13-10-20-15(21-11-13)9-6-12-4-7-14(8-5-12)16(17,18)19/h4-5,7-8,13,15H,2-3,6,9-11H2,1H3. The molecule has 1 aromatic carbocycles. The summed E-state index contributed by atoms with van der Waals surface area (Å²) in [5, 5.41) is 0. The van der Waals surface area contributed by atoms with Gasteiger partial charge in [-0.05, 0) is 30.5 Å². The molecule has 5 heteroatoms. The molecule has 0 aromatic heterocycles. The van der Waals surface area contributed by atoms with E-state index in [4.69, 9.17) is 9.47 Å². The van der Waals surface area contributed by atoms with Crippen LogP contribution in [-0.4, -0.2) is 19.5 Å². The first-order valence-electron chi connectivity index (χ1n) is 7.38. The summed E-state index contributed by atoms with van der Waals surface area (Å²) in [7, 11) is 0. The van der Waals surface area contributed by atoms with Gasteiger partial charge in [0.25, 0.3) is 0 Å². The zero-order chi connectivity index (χ0) is 15.3. The minimum absolute atomic E-state index is 0.236. The number of rotatable bonds is 5. The van der Waals surface area contributed by atoms with E-state index in [-0.39, 0.29) is 6.29 Å². The van der Waals surface area contributed by atoms with Crippen molar-refractivity contribution in [3.05, 3.63) is 35.4 Å². The van der Waals surface area contributed by atoms with Crippen LogP contribution < -0.4 is 0 Å². The van der Waals surface area contributed by atoms with Crippen LogP contribution in [0.3, 0.4) is 0 Å². The van der Waals surface area contributed by atoms with Crippen molar-refractivity contribution in [3.63, 3.8) is 0 Å². The molecule has 0 saturated carbocycles. The van der Waals surface area contributed by atoms with Crippen LogP contribution in [0, 0.1) is 5.92 Å². The van der Waals surface area contributed by atoms with Crippen LogP contribution in [0.5, 0.6) is 0 Å².